The zero-order valence-electron chi connectivity index (χ0n) is 12.1. The highest BCUT2D eigenvalue weighted by Gasteiger charge is 2.16. The maximum Gasteiger partial charge on any atom is 0.0771 e. The summed E-state index contributed by atoms with van der Waals surface area (Å²) >= 11 is 6.40. The van der Waals surface area contributed by atoms with E-state index in [9.17, 15) is 0 Å². The van der Waals surface area contributed by atoms with Gasteiger partial charge in [0.25, 0.3) is 0 Å². The van der Waals surface area contributed by atoms with Crippen molar-refractivity contribution in [1.29, 1.82) is 0 Å². The molecule has 3 nitrogen and oxygen atoms in total. The van der Waals surface area contributed by atoms with E-state index in [0.29, 0.717) is 0 Å². The molecular formula is C15H20ClN3. The Labute approximate surface area is 119 Å². The zero-order valence-corrected chi connectivity index (χ0v) is 12.9. The second-order valence-corrected chi connectivity index (χ2v) is 5.45. The Hall–Kier alpha value is -1.32. The molecule has 4 heteroatoms. The minimum Gasteiger partial charge on any atom is -0.377 e. The summed E-state index contributed by atoms with van der Waals surface area (Å²) in [4.78, 5) is 6.91. The van der Waals surface area contributed by atoms with Crippen LogP contribution in [0, 0.1) is 13.8 Å². The molecule has 1 aromatic carbocycles. The first kappa shape index (κ1) is 14.1. The van der Waals surface area contributed by atoms with Gasteiger partial charge in [-0.1, -0.05) is 17.7 Å². The number of fused-ring (bicyclic) bond motifs is 1. The molecule has 0 unspecified atom stereocenters. The summed E-state index contributed by atoms with van der Waals surface area (Å²) in [6.45, 7) is 4.94. The Morgan fingerprint density at radius 1 is 1.26 bits per heavy atom. The number of nitrogens with one attached hydrogen (secondary N) is 1. The second-order valence-electron chi connectivity index (χ2n) is 5.04. The molecule has 0 amide bonds. The van der Waals surface area contributed by atoms with Gasteiger partial charge in [0.1, 0.15) is 0 Å². The van der Waals surface area contributed by atoms with Crippen LogP contribution in [0.5, 0.6) is 0 Å². The fourth-order valence-electron chi connectivity index (χ4n) is 2.48. The average Bonchev–Trinajstić information content (AvgIpc) is 2.35. The zero-order chi connectivity index (χ0) is 14.2. The van der Waals surface area contributed by atoms with Gasteiger partial charge in [0.2, 0.25) is 0 Å². The lowest BCUT2D eigenvalue weighted by Crippen LogP contribution is -2.16. The summed E-state index contributed by atoms with van der Waals surface area (Å²) in [6.07, 6.45) is 0. The average molecular weight is 278 g/mol. The van der Waals surface area contributed by atoms with Gasteiger partial charge in [0.05, 0.1) is 21.9 Å². The van der Waals surface area contributed by atoms with E-state index in [1.165, 1.54) is 5.56 Å². The molecule has 0 aliphatic carbocycles. The molecule has 0 aliphatic rings. The quantitative estimate of drug-likeness (QED) is 0.933. The van der Waals surface area contributed by atoms with Crippen LogP contribution in [0.2, 0.25) is 5.02 Å². The van der Waals surface area contributed by atoms with Crippen molar-refractivity contribution in [2.75, 3.05) is 26.0 Å². The number of benzene rings is 1. The number of aromatic nitrogens is 1. The molecule has 0 saturated carbocycles. The molecule has 0 fully saturated rings. The highest BCUT2D eigenvalue weighted by Crippen LogP contribution is 2.36. The van der Waals surface area contributed by atoms with Crippen LogP contribution in [-0.2, 0) is 6.54 Å². The van der Waals surface area contributed by atoms with Gasteiger partial charge < -0.3 is 10.2 Å². The number of pyridine rings is 1. The van der Waals surface area contributed by atoms with Crippen molar-refractivity contribution in [2.45, 2.75) is 20.4 Å². The van der Waals surface area contributed by atoms with Crippen molar-refractivity contribution >= 4 is 28.2 Å². The van der Waals surface area contributed by atoms with Gasteiger partial charge in [-0.25, -0.2) is 0 Å². The monoisotopic (exact) mass is 277 g/mol. The smallest absolute Gasteiger partial charge is 0.0771 e. The van der Waals surface area contributed by atoms with Gasteiger partial charge >= 0.3 is 0 Å². The Morgan fingerprint density at radius 3 is 2.53 bits per heavy atom. The van der Waals surface area contributed by atoms with Crippen LogP contribution in [0.15, 0.2) is 12.1 Å². The lowest BCUT2D eigenvalue weighted by molar-refractivity contribution is 0.787. The molecule has 0 aliphatic heterocycles. The first-order valence-electron chi connectivity index (χ1n) is 6.37. The van der Waals surface area contributed by atoms with E-state index in [-0.39, 0.29) is 0 Å². The molecule has 0 radical (unpaired) electrons. The van der Waals surface area contributed by atoms with E-state index in [4.69, 9.17) is 16.6 Å². The molecule has 19 heavy (non-hydrogen) atoms. The first-order chi connectivity index (χ1) is 8.97. The third-order valence-electron chi connectivity index (χ3n) is 3.39. The molecule has 1 N–H and O–H groups in total. The molecule has 102 valence electrons. The highest BCUT2D eigenvalue weighted by atomic mass is 35.5. The van der Waals surface area contributed by atoms with Crippen molar-refractivity contribution < 1.29 is 0 Å². The maximum absolute atomic E-state index is 6.40. The van der Waals surface area contributed by atoms with E-state index in [1.54, 1.807) is 0 Å². The second kappa shape index (κ2) is 5.35. The minimum atomic E-state index is 0.758. The third-order valence-corrected chi connectivity index (χ3v) is 3.71. The van der Waals surface area contributed by atoms with Gasteiger partial charge in [-0.15, -0.1) is 0 Å². The first-order valence-corrected chi connectivity index (χ1v) is 6.75. The van der Waals surface area contributed by atoms with Crippen molar-refractivity contribution in [3.05, 3.63) is 34.0 Å². The van der Waals surface area contributed by atoms with E-state index in [1.807, 2.05) is 33.3 Å². The minimum absolute atomic E-state index is 0.758. The summed E-state index contributed by atoms with van der Waals surface area (Å²) in [5.74, 6) is 0. The summed E-state index contributed by atoms with van der Waals surface area (Å²) in [7, 11) is 6.03. The van der Waals surface area contributed by atoms with E-state index < -0.39 is 0 Å². The van der Waals surface area contributed by atoms with Crippen LogP contribution >= 0.6 is 11.6 Å². The fraction of sp³-hybridized carbons (Fsp3) is 0.400. The van der Waals surface area contributed by atoms with Crippen molar-refractivity contribution in [3.8, 4) is 0 Å². The normalized spacial score (nSPS) is 11.1. The van der Waals surface area contributed by atoms with Gasteiger partial charge in [-0.05, 0) is 38.1 Å². The number of halogens is 1. The number of hydrogen-bond acceptors (Lipinski definition) is 3. The lowest BCUT2D eigenvalue weighted by Gasteiger charge is -2.22. The SMILES string of the molecule is CNCc1nc2c(C)ccc(Cl)c2c(N(C)C)c1C. The van der Waals surface area contributed by atoms with Crippen LogP contribution < -0.4 is 10.2 Å². The predicted molar refractivity (Wildman–Crippen MR) is 83.3 cm³/mol. The topological polar surface area (TPSA) is 28.2 Å². The predicted octanol–water partition coefficient (Wildman–Crippen LogP) is 3.29. The third kappa shape index (κ3) is 2.40. The number of rotatable bonds is 3. The Kier molecular flexibility index (Phi) is 3.97. The number of anilines is 1. The molecule has 0 bridgehead atoms. The summed E-state index contributed by atoms with van der Waals surface area (Å²) in [5, 5.41) is 4.98. The van der Waals surface area contributed by atoms with E-state index in [0.717, 1.165) is 39.4 Å². The van der Waals surface area contributed by atoms with Gasteiger partial charge in [-0.2, -0.15) is 0 Å². The number of hydrogen-bond donors (Lipinski definition) is 1. The molecule has 1 heterocycles. The van der Waals surface area contributed by atoms with Crippen LogP contribution in [0.25, 0.3) is 10.9 Å². The van der Waals surface area contributed by atoms with Crippen molar-refractivity contribution in [1.82, 2.24) is 10.3 Å². The van der Waals surface area contributed by atoms with Crippen LogP contribution in [0.3, 0.4) is 0 Å². The van der Waals surface area contributed by atoms with Gasteiger partial charge in [0.15, 0.2) is 0 Å². The van der Waals surface area contributed by atoms with Crippen LogP contribution in [0.1, 0.15) is 16.8 Å². The Morgan fingerprint density at radius 2 is 1.95 bits per heavy atom. The molecule has 0 spiro atoms. The van der Waals surface area contributed by atoms with E-state index in [2.05, 4.69) is 24.1 Å². The van der Waals surface area contributed by atoms with Crippen molar-refractivity contribution in [2.24, 2.45) is 0 Å². The molecule has 1 aromatic heterocycles. The highest BCUT2D eigenvalue weighted by molar-refractivity contribution is 6.36. The number of aryl methyl sites for hydroxylation is 1. The van der Waals surface area contributed by atoms with E-state index >= 15 is 0 Å². The largest absolute Gasteiger partial charge is 0.377 e. The lowest BCUT2D eigenvalue weighted by atomic mass is 10.0. The standard InChI is InChI=1S/C15H20ClN3/c1-9-6-7-11(16)13-14(9)18-12(8-17-3)10(2)15(13)19(4)5/h6-7,17H,8H2,1-5H3. The molecule has 2 aromatic rings. The van der Waals surface area contributed by atoms with Gasteiger partial charge in [-0.3, -0.25) is 4.98 Å². The summed E-state index contributed by atoms with van der Waals surface area (Å²) < 4.78 is 0. The Balaban J connectivity index is 2.92. The molecular weight excluding hydrogens is 258 g/mol. The Bertz CT molecular complexity index is 621. The molecule has 0 atom stereocenters. The number of nitrogens with zero attached hydrogens (tertiary/aromatic N) is 2. The maximum atomic E-state index is 6.40. The van der Waals surface area contributed by atoms with Gasteiger partial charge in [0, 0.05) is 26.0 Å². The summed E-state index contributed by atoms with van der Waals surface area (Å²) in [5.41, 5.74) is 5.55. The summed E-state index contributed by atoms with van der Waals surface area (Å²) in [6, 6.07) is 3.97. The molecule has 2 rings (SSSR count). The van der Waals surface area contributed by atoms with Crippen molar-refractivity contribution in [3.63, 3.8) is 0 Å². The van der Waals surface area contributed by atoms with Crippen LogP contribution in [0.4, 0.5) is 5.69 Å². The molecule has 0 saturated heterocycles. The fourth-order valence-corrected chi connectivity index (χ4v) is 2.72. The van der Waals surface area contributed by atoms with Crippen LogP contribution in [-0.4, -0.2) is 26.1 Å².